The first-order valence-electron chi connectivity index (χ1n) is 33.3. The second kappa shape index (κ2) is 50.5. The van der Waals surface area contributed by atoms with Crippen molar-refractivity contribution in [1.82, 2.24) is 5.32 Å². The zero-order chi connectivity index (χ0) is 56.7. The molecule has 0 saturated carbocycles. The Morgan fingerprint density at radius 2 is 0.731 bits per heavy atom. The van der Waals surface area contributed by atoms with Gasteiger partial charge in [0, 0.05) is 6.42 Å². The molecule has 14 nitrogen and oxygen atoms in total. The second-order valence-electron chi connectivity index (χ2n) is 24.0. The van der Waals surface area contributed by atoms with E-state index in [0.717, 1.165) is 51.4 Å². The van der Waals surface area contributed by atoms with E-state index in [1.54, 1.807) is 0 Å². The van der Waals surface area contributed by atoms with Gasteiger partial charge in [-0.1, -0.05) is 290 Å². The minimum Gasteiger partial charge on any atom is -0.394 e. The second-order valence-corrected chi connectivity index (χ2v) is 24.0. The first-order valence-corrected chi connectivity index (χ1v) is 33.3. The fraction of sp³-hybridized carbons (Fsp3) is 0.984. The predicted molar refractivity (Wildman–Crippen MR) is 314 cm³/mol. The highest BCUT2D eigenvalue weighted by atomic mass is 16.7. The molecule has 78 heavy (non-hydrogen) atoms. The summed E-state index contributed by atoms with van der Waals surface area (Å²) in [5.74, 6) is -0.198. The van der Waals surface area contributed by atoms with Crippen LogP contribution in [-0.4, -0.2) is 140 Å². The standard InChI is InChI=1S/C64H125NO13/c1-3-5-7-9-11-13-15-17-19-21-23-25-26-27-28-29-31-33-35-37-39-41-43-45-47-53(68)52(65-56(69)48-46-44-42-40-38-36-34-32-30-24-22-20-18-16-14-12-10-8-6-4-2)51-75-63-61(74)59(72)62(55(50-67)77-63)78-64-60(73)58(71)57(70)54(49-66)76-64/h52-55,57-64,66-68,70-74H,3-51H2,1-2H3,(H,65,69). The molecular formula is C64H125NO13. The van der Waals surface area contributed by atoms with Crippen LogP contribution in [0, 0.1) is 0 Å². The van der Waals surface area contributed by atoms with Crippen LogP contribution < -0.4 is 5.32 Å². The van der Waals surface area contributed by atoms with Crippen LogP contribution in [0.1, 0.15) is 309 Å². The number of hydrogen-bond donors (Lipinski definition) is 9. The third-order valence-electron chi connectivity index (χ3n) is 16.8. The molecule has 2 fully saturated rings. The lowest BCUT2D eigenvalue weighted by Gasteiger charge is -2.46. The maximum atomic E-state index is 13.3. The number of rotatable bonds is 55. The van der Waals surface area contributed by atoms with Gasteiger partial charge in [0.25, 0.3) is 0 Å². The summed E-state index contributed by atoms with van der Waals surface area (Å²) in [4.78, 5) is 13.3. The highest BCUT2D eigenvalue weighted by Crippen LogP contribution is 2.30. The Hall–Kier alpha value is -1.01. The van der Waals surface area contributed by atoms with Gasteiger partial charge in [-0.2, -0.15) is 0 Å². The Morgan fingerprint density at radius 1 is 0.410 bits per heavy atom. The Bertz CT molecular complexity index is 1310. The van der Waals surface area contributed by atoms with Gasteiger partial charge in [-0.15, -0.1) is 0 Å². The molecule has 0 aromatic heterocycles. The number of amides is 1. The lowest BCUT2D eigenvalue weighted by Crippen LogP contribution is -2.65. The van der Waals surface area contributed by atoms with E-state index in [1.807, 2.05) is 0 Å². The molecule has 2 saturated heterocycles. The molecule has 1 amide bonds. The number of aliphatic hydroxyl groups is 8. The number of unbranched alkanes of at least 4 members (excludes halogenated alkanes) is 42. The van der Waals surface area contributed by atoms with Crippen LogP contribution in [0.4, 0.5) is 0 Å². The summed E-state index contributed by atoms with van der Waals surface area (Å²) in [5.41, 5.74) is 0. The SMILES string of the molecule is CCCCCCCCCCCCCCCCCCCCCCCCCCC(O)C(COC1OC(CO)C(OC2OC(CO)C(O)C(O)C2O)C(O)C1O)NC(=O)CCCCCCCCCCCCCCCCCCCCCC. The van der Waals surface area contributed by atoms with Crippen LogP contribution >= 0.6 is 0 Å². The number of ether oxygens (including phenoxy) is 4. The monoisotopic (exact) mass is 1120 g/mol. The van der Waals surface area contributed by atoms with E-state index in [9.17, 15) is 45.6 Å². The molecule has 0 aliphatic carbocycles. The van der Waals surface area contributed by atoms with E-state index in [1.165, 1.54) is 231 Å². The van der Waals surface area contributed by atoms with Crippen LogP contribution in [-0.2, 0) is 23.7 Å². The van der Waals surface area contributed by atoms with Crippen molar-refractivity contribution in [1.29, 1.82) is 0 Å². The summed E-state index contributed by atoms with van der Waals surface area (Å²) >= 11 is 0. The predicted octanol–water partition coefficient (Wildman–Crippen LogP) is 12.5. The first-order chi connectivity index (χ1) is 38.1. The molecule has 12 unspecified atom stereocenters. The van der Waals surface area contributed by atoms with Gasteiger partial charge >= 0.3 is 0 Å². The average molecular weight is 1120 g/mol. The van der Waals surface area contributed by atoms with Gasteiger partial charge in [0.05, 0.1) is 32.0 Å². The van der Waals surface area contributed by atoms with Gasteiger partial charge in [0.15, 0.2) is 12.6 Å². The van der Waals surface area contributed by atoms with Crippen LogP contribution in [0.5, 0.6) is 0 Å². The molecule has 0 radical (unpaired) electrons. The molecule has 0 bridgehead atoms. The van der Waals surface area contributed by atoms with Crippen molar-refractivity contribution < 1.29 is 64.6 Å². The van der Waals surface area contributed by atoms with E-state index >= 15 is 0 Å². The average Bonchev–Trinajstić information content (AvgIpc) is 3.48. The minimum atomic E-state index is -1.78. The molecule has 9 N–H and O–H groups in total. The van der Waals surface area contributed by atoms with Crippen molar-refractivity contribution in [2.24, 2.45) is 0 Å². The Balaban J connectivity index is 1.70. The fourth-order valence-corrected chi connectivity index (χ4v) is 11.5. The molecule has 2 heterocycles. The maximum absolute atomic E-state index is 13.3. The summed E-state index contributed by atoms with van der Waals surface area (Å²) in [6.45, 7) is 2.92. The molecule has 0 spiro atoms. The lowest BCUT2D eigenvalue weighted by atomic mass is 9.97. The van der Waals surface area contributed by atoms with E-state index < -0.39 is 86.8 Å². The van der Waals surface area contributed by atoms with Gasteiger partial charge in [-0.25, -0.2) is 0 Å². The highest BCUT2D eigenvalue weighted by molar-refractivity contribution is 5.76. The Kier molecular flexibility index (Phi) is 47.3. The molecule has 14 heteroatoms. The normalized spacial score (nSPS) is 24.4. The molecule has 0 aromatic carbocycles. The summed E-state index contributed by atoms with van der Waals surface area (Å²) in [6, 6.07) is -0.823. The first kappa shape index (κ1) is 73.1. The van der Waals surface area contributed by atoms with Crippen molar-refractivity contribution >= 4 is 5.91 Å². The molecule has 2 rings (SSSR count). The smallest absolute Gasteiger partial charge is 0.220 e. The topological polar surface area (TPSA) is 228 Å². The Morgan fingerprint density at radius 3 is 1.09 bits per heavy atom. The molecule has 12 atom stereocenters. The summed E-state index contributed by atoms with van der Waals surface area (Å²) < 4.78 is 22.9. The number of aliphatic hydroxyl groups excluding tert-OH is 8. The number of carbonyl (C=O) groups excluding carboxylic acids is 1. The molecular weight excluding hydrogens is 991 g/mol. The molecule has 0 aromatic rings. The van der Waals surface area contributed by atoms with Crippen molar-refractivity contribution in [3.63, 3.8) is 0 Å². The van der Waals surface area contributed by atoms with Crippen LogP contribution in [0.3, 0.4) is 0 Å². The van der Waals surface area contributed by atoms with Crippen molar-refractivity contribution in [2.75, 3.05) is 19.8 Å². The number of carbonyl (C=O) groups is 1. The minimum absolute atomic E-state index is 0.198. The maximum Gasteiger partial charge on any atom is 0.220 e. The van der Waals surface area contributed by atoms with Crippen molar-refractivity contribution in [2.45, 2.75) is 383 Å². The van der Waals surface area contributed by atoms with E-state index in [0.29, 0.717) is 12.8 Å². The number of nitrogens with one attached hydrogen (secondary N) is 1. The summed E-state index contributed by atoms with van der Waals surface area (Å²) in [5, 5.41) is 87.5. The third-order valence-corrected chi connectivity index (χ3v) is 16.8. The van der Waals surface area contributed by atoms with E-state index in [2.05, 4.69) is 19.2 Å². The number of hydrogen-bond acceptors (Lipinski definition) is 13. The molecule has 464 valence electrons. The van der Waals surface area contributed by atoms with Crippen LogP contribution in [0.25, 0.3) is 0 Å². The summed E-state index contributed by atoms with van der Waals surface area (Å²) in [6.07, 6.45) is 41.1. The van der Waals surface area contributed by atoms with Gasteiger partial charge in [0.1, 0.15) is 48.8 Å². The summed E-state index contributed by atoms with van der Waals surface area (Å²) in [7, 11) is 0. The largest absolute Gasteiger partial charge is 0.394 e. The Labute approximate surface area is 476 Å². The van der Waals surface area contributed by atoms with Gasteiger partial charge in [-0.05, 0) is 12.8 Å². The van der Waals surface area contributed by atoms with Crippen LogP contribution in [0.15, 0.2) is 0 Å². The van der Waals surface area contributed by atoms with Gasteiger partial charge in [0.2, 0.25) is 5.91 Å². The zero-order valence-corrected chi connectivity index (χ0v) is 50.2. The van der Waals surface area contributed by atoms with Crippen molar-refractivity contribution in [3.8, 4) is 0 Å². The lowest BCUT2D eigenvalue weighted by molar-refractivity contribution is -0.359. The molecule has 2 aliphatic heterocycles. The zero-order valence-electron chi connectivity index (χ0n) is 50.2. The fourth-order valence-electron chi connectivity index (χ4n) is 11.5. The van der Waals surface area contributed by atoms with Crippen molar-refractivity contribution in [3.05, 3.63) is 0 Å². The quantitative estimate of drug-likeness (QED) is 0.0259. The third kappa shape index (κ3) is 35.2. The van der Waals surface area contributed by atoms with Gasteiger partial charge < -0.3 is 65.1 Å². The van der Waals surface area contributed by atoms with Crippen LogP contribution in [0.2, 0.25) is 0 Å². The highest BCUT2D eigenvalue weighted by Gasteiger charge is 2.51. The molecule has 2 aliphatic rings. The van der Waals surface area contributed by atoms with Gasteiger partial charge in [-0.3, -0.25) is 4.79 Å². The van der Waals surface area contributed by atoms with E-state index in [-0.39, 0.29) is 12.5 Å². The van der Waals surface area contributed by atoms with E-state index in [4.69, 9.17) is 18.9 Å².